The van der Waals surface area contributed by atoms with Crippen LogP contribution in [-0.2, 0) is 22.6 Å². The van der Waals surface area contributed by atoms with Crippen LogP contribution in [0.1, 0.15) is 70.7 Å². The molecule has 0 radical (unpaired) electrons. The van der Waals surface area contributed by atoms with Gasteiger partial charge in [-0.15, -0.1) is 0 Å². The Morgan fingerprint density at radius 3 is 2.40 bits per heavy atom. The van der Waals surface area contributed by atoms with Crippen LogP contribution in [0.4, 0.5) is 0 Å². The van der Waals surface area contributed by atoms with Gasteiger partial charge in [0.25, 0.3) is 5.91 Å². The van der Waals surface area contributed by atoms with Gasteiger partial charge >= 0.3 is 0 Å². The van der Waals surface area contributed by atoms with Crippen molar-refractivity contribution in [3.63, 3.8) is 0 Å². The number of likely N-dealkylation sites (tertiary alicyclic amines) is 1. The SMILES string of the molecule is O=C(NCc1cccc(-c2ccc(C3OC(CN4CCCCC4)CC(c4ccc(CO)cc4)O3)cc2)c1)c1cccnc1. The number of amides is 1. The molecule has 2 aliphatic heterocycles. The standard InChI is InChI=1S/C36H39N3O4/c40-25-26-9-11-29(12-10-26)34-21-33(24-39-18-2-1-3-19-39)42-36(43-34)30-15-13-28(14-16-30)31-7-4-6-27(20-31)22-38-35(41)32-8-5-17-37-23-32/h4-17,20,23,33-34,36,40H,1-3,18-19,21-22,24-25H2,(H,38,41). The number of benzene rings is 3. The number of piperidine rings is 1. The zero-order valence-electron chi connectivity index (χ0n) is 24.4. The number of aliphatic hydroxyl groups is 1. The molecular formula is C36H39N3O4. The lowest BCUT2D eigenvalue weighted by Gasteiger charge is -2.39. The topological polar surface area (TPSA) is 83.9 Å². The molecule has 6 rings (SSSR count). The number of pyridine rings is 1. The van der Waals surface area contributed by atoms with Gasteiger partial charge in [-0.3, -0.25) is 9.78 Å². The molecule has 1 amide bonds. The first-order valence-electron chi connectivity index (χ1n) is 15.2. The molecule has 3 aromatic carbocycles. The minimum Gasteiger partial charge on any atom is -0.392 e. The summed E-state index contributed by atoms with van der Waals surface area (Å²) in [5.74, 6) is -0.142. The maximum atomic E-state index is 12.5. The third-order valence-corrected chi connectivity index (χ3v) is 8.35. The fraction of sp³-hybridized carbons (Fsp3) is 0.333. The summed E-state index contributed by atoms with van der Waals surface area (Å²) < 4.78 is 13.1. The summed E-state index contributed by atoms with van der Waals surface area (Å²) in [4.78, 5) is 19.0. The first-order valence-corrected chi connectivity index (χ1v) is 15.2. The van der Waals surface area contributed by atoms with E-state index in [9.17, 15) is 9.90 Å². The van der Waals surface area contributed by atoms with Crippen LogP contribution in [0.15, 0.2) is 97.3 Å². The second-order valence-electron chi connectivity index (χ2n) is 11.5. The molecular weight excluding hydrogens is 538 g/mol. The molecule has 0 aliphatic carbocycles. The maximum absolute atomic E-state index is 12.5. The van der Waals surface area contributed by atoms with Crippen molar-refractivity contribution in [3.8, 4) is 11.1 Å². The molecule has 2 N–H and O–H groups in total. The van der Waals surface area contributed by atoms with Crippen LogP contribution >= 0.6 is 0 Å². The van der Waals surface area contributed by atoms with Crippen molar-refractivity contribution in [2.75, 3.05) is 19.6 Å². The minimum absolute atomic E-state index is 0.0322. The smallest absolute Gasteiger partial charge is 0.253 e. The number of aromatic nitrogens is 1. The van der Waals surface area contributed by atoms with E-state index >= 15 is 0 Å². The number of hydrogen-bond donors (Lipinski definition) is 2. The fourth-order valence-corrected chi connectivity index (χ4v) is 5.94. The molecule has 2 fully saturated rings. The molecule has 2 saturated heterocycles. The Labute approximate surface area is 253 Å². The van der Waals surface area contributed by atoms with E-state index in [-0.39, 0.29) is 24.7 Å². The van der Waals surface area contributed by atoms with Gasteiger partial charge in [-0.25, -0.2) is 0 Å². The van der Waals surface area contributed by atoms with Crippen molar-refractivity contribution in [2.24, 2.45) is 0 Å². The quantitative estimate of drug-likeness (QED) is 0.246. The number of carbonyl (C=O) groups is 1. The molecule has 3 heterocycles. The monoisotopic (exact) mass is 577 g/mol. The van der Waals surface area contributed by atoms with E-state index in [1.165, 1.54) is 19.3 Å². The Kier molecular flexibility index (Phi) is 9.55. The number of carbonyl (C=O) groups excluding carboxylic acids is 1. The van der Waals surface area contributed by atoms with Crippen LogP contribution in [0.2, 0.25) is 0 Å². The highest BCUT2D eigenvalue weighted by molar-refractivity contribution is 5.93. The number of nitrogens with zero attached hydrogens (tertiary/aromatic N) is 2. The van der Waals surface area contributed by atoms with Crippen molar-refractivity contribution in [1.29, 1.82) is 0 Å². The normalized spacial score (nSPS) is 20.9. The molecule has 3 unspecified atom stereocenters. The minimum atomic E-state index is -0.464. The van der Waals surface area contributed by atoms with Crippen LogP contribution in [0.25, 0.3) is 11.1 Å². The molecule has 4 aromatic rings. The zero-order valence-corrected chi connectivity index (χ0v) is 24.4. The lowest BCUT2D eigenvalue weighted by atomic mass is 9.98. The summed E-state index contributed by atoms with van der Waals surface area (Å²) in [7, 11) is 0. The predicted molar refractivity (Wildman–Crippen MR) is 166 cm³/mol. The zero-order chi connectivity index (χ0) is 29.4. The average Bonchev–Trinajstić information content (AvgIpc) is 3.08. The summed E-state index contributed by atoms with van der Waals surface area (Å²) in [5.41, 5.74) is 6.73. The second kappa shape index (κ2) is 14.1. The summed E-state index contributed by atoms with van der Waals surface area (Å²) in [6.07, 6.45) is 7.35. The van der Waals surface area contributed by atoms with E-state index in [1.54, 1.807) is 24.5 Å². The van der Waals surface area contributed by atoms with Crippen LogP contribution in [0.5, 0.6) is 0 Å². The molecule has 43 heavy (non-hydrogen) atoms. The van der Waals surface area contributed by atoms with Crippen LogP contribution in [0, 0.1) is 0 Å². The Hall–Kier alpha value is -3.88. The molecule has 2 aliphatic rings. The van der Waals surface area contributed by atoms with Crippen molar-refractivity contribution in [3.05, 3.63) is 125 Å². The van der Waals surface area contributed by atoms with Crippen LogP contribution < -0.4 is 5.32 Å². The number of ether oxygens (including phenoxy) is 2. The van der Waals surface area contributed by atoms with E-state index in [0.29, 0.717) is 12.1 Å². The van der Waals surface area contributed by atoms with Gasteiger partial charge in [0.15, 0.2) is 6.29 Å². The molecule has 3 atom stereocenters. The van der Waals surface area contributed by atoms with Gasteiger partial charge in [0, 0.05) is 37.5 Å². The van der Waals surface area contributed by atoms with Gasteiger partial charge in [0.2, 0.25) is 0 Å². The van der Waals surface area contributed by atoms with E-state index in [4.69, 9.17) is 9.47 Å². The third-order valence-electron chi connectivity index (χ3n) is 8.35. The Morgan fingerprint density at radius 2 is 1.65 bits per heavy atom. The van der Waals surface area contributed by atoms with Crippen LogP contribution in [0.3, 0.4) is 0 Å². The molecule has 0 spiro atoms. The summed E-state index contributed by atoms with van der Waals surface area (Å²) >= 11 is 0. The Balaban J connectivity index is 1.15. The van der Waals surface area contributed by atoms with E-state index in [0.717, 1.165) is 59.4 Å². The van der Waals surface area contributed by atoms with Gasteiger partial charge in [-0.1, -0.05) is 73.2 Å². The van der Waals surface area contributed by atoms with E-state index in [1.807, 2.05) is 24.3 Å². The number of rotatable bonds is 9. The van der Waals surface area contributed by atoms with Crippen molar-refractivity contribution >= 4 is 5.91 Å². The molecule has 7 heteroatoms. The number of nitrogens with one attached hydrogen (secondary N) is 1. The van der Waals surface area contributed by atoms with Crippen molar-refractivity contribution in [2.45, 2.75) is 57.3 Å². The van der Waals surface area contributed by atoms with Crippen LogP contribution in [-0.4, -0.2) is 46.6 Å². The maximum Gasteiger partial charge on any atom is 0.253 e. The fourth-order valence-electron chi connectivity index (χ4n) is 5.94. The number of aliphatic hydroxyl groups excluding tert-OH is 1. The highest BCUT2D eigenvalue weighted by atomic mass is 16.7. The van der Waals surface area contributed by atoms with E-state index < -0.39 is 6.29 Å². The van der Waals surface area contributed by atoms with Gasteiger partial charge in [-0.05, 0) is 71.9 Å². The van der Waals surface area contributed by atoms with Crippen molar-refractivity contribution < 1.29 is 19.4 Å². The molecule has 1 aromatic heterocycles. The first-order chi connectivity index (χ1) is 21.1. The highest BCUT2D eigenvalue weighted by Crippen LogP contribution is 2.39. The lowest BCUT2D eigenvalue weighted by Crippen LogP contribution is -2.41. The Morgan fingerprint density at radius 1 is 0.860 bits per heavy atom. The van der Waals surface area contributed by atoms with E-state index in [2.05, 4.69) is 63.7 Å². The van der Waals surface area contributed by atoms with Gasteiger partial charge in [-0.2, -0.15) is 0 Å². The Bertz CT molecular complexity index is 1470. The number of hydrogen-bond acceptors (Lipinski definition) is 6. The lowest BCUT2D eigenvalue weighted by molar-refractivity contribution is -0.253. The third kappa shape index (κ3) is 7.56. The molecule has 7 nitrogen and oxygen atoms in total. The summed E-state index contributed by atoms with van der Waals surface area (Å²) in [6, 6.07) is 28.2. The van der Waals surface area contributed by atoms with Crippen molar-refractivity contribution in [1.82, 2.24) is 15.2 Å². The molecule has 0 saturated carbocycles. The summed E-state index contributed by atoms with van der Waals surface area (Å²) in [6.45, 7) is 3.63. The first kappa shape index (κ1) is 29.2. The summed E-state index contributed by atoms with van der Waals surface area (Å²) in [5, 5.41) is 12.5. The highest BCUT2D eigenvalue weighted by Gasteiger charge is 2.33. The van der Waals surface area contributed by atoms with Gasteiger partial charge in [0.05, 0.1) is 24.4 Å². The second-order valence-corrected chi connectivity index (χ2v) is 11.5. The molecule has 0 bridgehead atoms. The van der Waals surface area contributed by atoms with Gasteiger partial charge in [0.1, 0.15) is 0 Å². The largest absolute Gasteiger partial charge is 0.392 e. The molecule has 222 valence electrons. The predicted octanol–water partition coefficient (Wildman–Crippen LogP) is 6.20. The van der Waals surface area contributed by atoms with Gasteiger partial charge < -0.3 is 24.8 Å². The average molecular weight is 578 g/mol.